The quantitative estimate of drug-likeness (QED) is 0.558. The van der Waals surface area contributed by atoms with Gasteiger partial charge in [0.25, 0.3) is 5.91 Å². The number of nitrogens with one attached hydrogen (secondary N) is 3. The fourth-order valence-electron chi connectivity index (χ4n) is 4.43. The van der Waals surface area contributed by atoms with Gasteiger partial charge in [0.2, 0.25) is 11.8 Å². The van der Waals surface area contributed by atoms with Crippen LogP contribution in [0.15, 0.2) is 29.6 Å². The molecule has 174 valence electrons. The van der Waals surface area contributed by atoms with Crippen molar-refractivity contribution in [1.82, 2.24) is 15.2 Å². The third-order valence-corrected chi connectivity index (χ3v) is 7.09. The highest BCUT2D eigenvalue weighted by atomic mass is 32.1. The summed E-state index contributed by atoms with van der Waals surface area (Å²) in [6.07, 6.45) is 4.10. The number of amides is 5. The second-order valence-corrected chi connectivity index (χ2v) is 9.46. The molecule has 1 aliphatic carbocycles. The van der Waals surface area contributed by atoms with E-state index in [4.69, 9.17) is 0 Å². The van der Waals surface area contributed by atoms with Crippen LogP contribution >= 0.6 is 11.3 Å². The SMILES string of the molecule is CCC1CCC2(CC1)NC(=O)N(CC(=O)Nc1nc(-c3ccc(NC(C)=O)cc3)cs1)C2=O. The number of nitrogens with zero attached hydrogens (tertiary/aromatic N) is 2. The number of rotatable bonds is 6. The topological polar surface area (TPSA) is 120 Å². The molecular formula is C23H27N5O4S. The number of thiazole rings is 1. The lowest BCUT2D eigenvalue weighted by Crippen LogP contribution is -2.49. The van der Waals surface area contributed by atoms with Crippen molar-refractivity contribution in [2.75, 3.05) is 17.2 Å². The number of hydrogen-bond acceptors (Lipinski definition) is 6. The van der Waals surface area contributed by atoms with Gasteiger partial charge in [-0.05, 0) is 43.7 Å². The Morgan fingerprint density at radius 1 is 1.18 bits per heavy atom. The summed E-state index contributed by atoms with van der Waals surface area (Å²) in [4.78, 5) is 54.6. The molecule has 2 aromatic rings. The molecule has 2 fully saturated rings. The van der Waals surface area contributed by atoms with Gasteiger partial charge in [-0.2, -0.15) is 0 Å². The number of carbonyl (C=O) groups excluding carboxylic acids is 4. The van der Waals surface area contributed by atoms with Crippen molar-refractivity contribution in [1.29, 1.82) is 0 Å². The minimum atomic E-state index is -0.860. The van der Waals surface area contributed by atoms with E-state index in [1.54, 1.807) is 17.5 Å². The smallest absolute Gasteiger partial charge is 0.325 e. The van der Waals surface area contributed by atoms with Crippen molar-refractivity contribution < 1.29 is 19.2 Å². The van der Waals surface area contributed by atoms with E-state index < -0.39 is 17.5 Å². The van der Waals surface area contributed by atoms with Crippen LogP contribution in [0.4, 0.5) is 15.6 Å². The second-order valence-electron chi connectivity index (χ2n) is 8.60. The average molecular weight is 470 g/mol. The molecular weight excluding hydrogens is 442 g/mol. The van der Waals surface area contributed by atoms with E-state index in [9.17, 15) is 19.2 Å². The summed E-state index contributed by atoms with van der Waals surface area (Å²) in [6.45, 7) is 3.24. The van der Waals surface area contributed by atoms with Crippen LogP contribution in [0.3, 0.4) is 0 Å². The Labute approximate surface area is 196 Å². The molecule has 1 spiro atoms. The van der Waals surface area contributed by atoms with Gasteiger partial charge in [-0.3, -0.25) is 19.3 Å². The molecule has 0 unspecified atom stereocenters. The van der Waals surface area contributed by atoms with Gasteiger partial charge < -0.3 is 16.0 Å². The van der Waals surface area contributed by atoms with E-state index in [-0.39, 0.29) is 18.4 Å². The molecule has 1 saturated heterocycles. The molecule has 3 N–H and O–H groups in total. The maximum Gasteiger partial charge on any atom is 0.325 e. The average Bonchev–Trinajstić information content (AvgIpc) is 3.33. The number of hydrogen-bond donors (Lipinski definition) is 3. The van der Waals surface area contributed by atoms with E-state index in [0.717, 1.165) is 29.7 Å². The van der Waals surface area contributed by atoms with E-state index >= 15 is 0 Å². The van der Waals surface area contributed by atoms with Crippen molar-refractivity contribution in [3.63, 3.8) is 0 Å². The summed E-state index contributed by atoms with van der Waals surface area (Å²) in [5, 5.41) is 10.4. The van der Waals surface area contributed by atoms with Gasteiger partial charge in [0.15, 0.2) is 5.13 Å². The predicted molar refractivity (Wildman–Crippen MR) is 126 cm³/mol. The van der Waals surface area contributed by atoms with Gasteiger partial charge in [0.1, 0.15) is 12.1 Å². The molecule has 10 heteroatoms. The minimum absolute atomic E-state index is 0.147. The summed E-state index contributed by atoms with van der Waals surface area (Å²) in [5.41, 5.74) is 1.33. The molecule has 1 aromatic carbocycles. The standard InChI is InChI=1S/C23H27N5O4S/c1-3-15-8-10-23(11-9-15)20(31)28(22(32)27-23)12-19(30)26-21-25-18(13-33-21)16-4-6-17(7-5-16)24-14(2)29/h4-7,13,15H,3,8-12H2,1-2H3,(H,24,29)(H,27,32)(H,25,26,30). The molecule has 0 bridgehead atoms. The molecule has 4 rings (SSSR count). The maximum atomic E-state index is 13.0. The Morgan fingerprint density at radius 2 is 1.88 bits per heavy atom. The summed E-state index contributed by atoms with van der Waals surface area (Å²) in [5.74, 6) is -0.347. The second kappa shape index (κ2) is 9.30. The monoisotopic (exact) mass is 469 g/mol. The summed E-state index contributed by atoms with van der Waals surface area (Å²) < 4.78 is 0. The van der Waals surface area contributed by atoms with Crippen molar-refractivity contribution in [3.8, 4) is 11.3 Å². The van der Waals surface area contributed by atoms with Crippen LogP contribution in [0.1, 0.15) is 46.0 Å². The van der Waals surface area contributed by atoms with E-state index in [1.807, 2.05) is 12.1 Å². The highest BCUT2D eigenvalue weighted by Crippen LogP contribution is 2.37. The normalized spacial score (nSPS) is 22.4. The van der Waals surface area contributed by atoms with Gasteiger partial charge in [0.05, 0.1) is 5.69 Å². The van der Waals surface area contributed by atoms with Crippen LogP contribution in [0.2, 0.25) is 0 Å². The third kappa shape index (κ3) is 4.90. The largest absolute Gasteiger partial charge is 0.326 e. The molecule has 1 aromatic heterocycles. The van der Waals surface area contributed by atoms with Crippen molar-refractivity contribution in [2.45, 2.75) is 51.5 Å². The van der Waals surface area contributed by atoms with Gasteiger partial charge in [0, 0.05) is 23.6 Å². The number of anilines is 2. The van der Waals surface area contributed by atoms with Crippen LogP contribution in [-0.2, 0) is 14.4 Å². The molecule has 0 atom stereocenters. The first-order valence-corrected chi connectivity index (χ1v) is 11.9. The third-order valence-electron chi connectivity index (χ3n) is 6.34. The first-order valence-electron chi connectivity index (χ1n) is 11.1. The number of carbonyl (C=O) groups is 4. The molecule has 0 radical (unpaired) electrons. The maximum absolute atomic E-state index is 13.0. The molecule has 2 aliphatic rings. The first-order chi connectivity index (χ1) is 15.8. The van der Waals surface area contributed by atoms with Crippen LogP contribution in [0, 0.1) is 5.92 Å². The van der Waals surface area contributed by atoms with E-state index in [2.05, 4.69) is 27.9 Å². The Hall–Kier alpha value is -3.27. The van der Waals surface area contributed by atoms with Crippen LogP contribution < -0.4 is 16.0 Å². The number of imide groups is 1. The van der Waals surface area contributed by atoms with E-state index in [0.29, 0.717) is 35.3 Å². The zero-order valence-electron chi connectivity index (χ0n) is 18.6. The van der Waals surface area contributed by atoms with E-state index in [1.165, 1.54) is 18.3 Å². The Bertz CT molecular complexity index is 1070. The zero-order chi connectivity index (χ0) is 23.6. The first kappa shape index (κ1) is 22.9. The zero-order valence-corrected chi connectivity index (χ0v) is 19.5. The summed E-state index contributed by atoms with van der Waals surface area (Å²) >= 11 is 1.25. The number of aromatic nitrogens is 1. The number of urea groups is 1. The molecule has 1 saturated carbocycles. The van der Waals surface area contributed by atoms with Gasteiger partial charge in [-0.15, -0.1) is 11.3 Å². The fraction of sp³-hybridized carbons (Fsp3) is 0.435. The Balaban J connectivity index is 1.36. The van der Waals surface area contributed by atoms with Crippen LogP contribution in [0.5, 0.6) is 0 Å². The van der Waals surface area contributed by atoms with Gasteiger partial charge in [-0.25, -0.2) is 9.78 Å². The van der Waals surface area contributed by atoms with Crippen LogP contribution in [0.25, 0.3) is 11.3 Å². The highest BCUT2D eigenvalue weighted by molar-refractivity contribution is 7.14. The summed E-state index contributed by atoms with van der Waals surface area (Å²) in [7, 11) is 0. The van der Waals surface area contributed by atoms with Gasteiger partial charge >= 0.3 is 6.03 Å². The lowest BCUT2D eigenvalue weighted by atomic mass is 9.75. The van der Waals surface area contributed by atoms with Crippen molar-refractivity contribution in [3.05, 3.63) is 29.6 Å². The summed E-state index contributed by atoms with van der Waals surface area (Å²) in [6, 6.07) is 6.69. The van der Waals surface area contributed by atoms with Crippen molar-refractivity contribution >= 4 is 45.9 Å². The Morgan fingerprint density at radius 3 is 2.52 bits per heavy atom. The molecule has 9 nitrogen and oxygen atoms in total. The van der Waals surface area contributed by atoms with Crippen LogP contribution in [-0.4, -0.2) is 45.7 Å². The predicted octanol–water partition coefficient (Wildman–Crippen LogP) is 3.60. The lowest BCUT2D eigenvalue weighted by molar-refractivity contribution is -0.135. The molecule has 5 amide bonds. The molecule has 1 aliphatic heterocycles. The highest BCUT2D eigenvalue weighted by Gasteiger charge is 2.52. The fourth-order valence-corrected chi connectivity index (χ4v) is 5.17. The van der Waals surface area contributed by atoms with Gasteiger partial charge in [-0.1, -0.05) is 25.5 Å². The lowest BCUT2D eigenvalue weighted by Gasteiger charge is -2.34. The molecule has 2 heterocycles. The Kier molecular flexibility index (Phi) is 6.46. The minimum Gasteiger partial charge on any atom is -0.326 e. The number of benzene rings is 1. The molecule has 33 heavy (non-hydrogen) atoms. The van der Waals surface area contributed by atoms with Crippen molar-refractivity contribution in [2.24, 2.45) is 5.92 Å².